The molecule has 120 valence electrons. The second kappa shape index (κ2) is 7.54. The lowest BCUT2D eigenvalue weighted by Crippen LogP contribution is -2.26. The lowest BCUT2D eigenvalue weighted by atomic mass is 9.83. The van der Waals surface area contributed by atoms with Crippen molar-refractivity contribution >= 4 is 0 Å². The summed E-state index contributed by atoms with van der Waals surface area (Å²) in [4.78, 5) is 0. The van der Waals surface area contributed by atoms with Gasteiger partial charge in [-0.3, -0.25) is 5.10 Å². The van der Waals surface area contributed by atoms with Gasteiger partial charge in [-0.1, -0.05) is 13.8 Å². The quantitative estimate of drug-likeness (QED) is 0.856. The van der Waals surface area contributed by atoms with E-state index in [1.807, 2.05) is 13.8 Å². The average Bonchev–Trinajstić information content (AvgIpc) is 2.93. The Hall–Kier alpha value is -1.68. The lowest BCUT2D eigenvalue weighted by Gasteiger charge is -2.25. The topological polar surface area (TPSA) is 54.7 Å². The minimum absolute atomic E-state index is 0.219. The summed E-state index contributed by atoms with van der Waals surface area (Å²) in [7, 11) is 0. The fourth-order valence-electron chi connectivity index (χ4n) is 3.11. The molecule has 22 heavy (non-hydrogen) atoms. The Bertz CT molecular complexity index is 581. The van der Waals surface area contributed by atoms with Gasteiger partial charge in [0.1, 0.15) is 5.82 Å². The fourth-order valence-corrected chi connectivity index (χ4v) is 3.11. The number of benzene rings is 1. The van der Waals surface area contributed by atoms with Gasteiger partial charge in [0.15, 0.2) is 0 Å². The molecule has 1 saturated carbocycles. The normalized spacial score (nSPS) is 21.1. The molecular formula is C18H26FN3. The second-order valence-corrected chi connectivity index (χ2v) is 5.73. The van der Waals surface area contributed by atoms with Crippen LogP contribution in [0.5, 0.6) is 0 Å². The maximum absolute atomic E-state index is 13.0. The van der Waals surface area contributed by atoms with Crippen LogP contribution in [0, 0.1) is 12.7 Å². The van der Waals surface area contributed by atoms with Crippen molar-refractivity contribution in [3.63, 3.8) is 0 Å². The number of nitrogens with two attached hydrogens (primary N) is 1. The van der Waals surface area contributed by atoms with Crippen LogP contribution in [0.3, 0.4) is 0 Å². The van der Waals surface area contributed by atoms with Gasteiger partial charge in [0.2, 0.25) is 0 Å². The minimum Gasteiger partial charge on any atom is -0.328 e. The molecule has 0 saturated heterocycles. The summed E-state index contributed by atoms with van der Waals surface area (Å²) in [6.45, 7) is 6.09. The van der Waals surface area contributed by atoms with Crippen molar-refractivity contribution in [3.8, 4) is 11.3 Å². The number of aromatic nitrogens is 2. The van der Waals surface area contributed by atoms with E-state index in [1.165, 1.54) is 23.4 Å². The van der Waals surface area contributed by atoms with Gasteiger partial charge in [-0.05, 0) is 62.4 Å². The van der Waals surface area contributed by atoms with Crippen molar-refractivity contribution in [3.05, 3.63) is 41.3 Å². The molecule has 1 fully saturated rings. The number of hydrogen-bond acceptors (Lipinski definition) is 2. The number of hydrogen-bond donors (Lipinski definition) is 2. The summed E-state index contributed by atoms with van der Waals surface area (Å²) in [6, 6.07) is 6.86. The molecule has 1 aliphatic rings. The second-order valence-electron chi connectivity index (χ2n) is 5.73. The van der Waals surface area contributed by atoms with E-state index < -0.39 is 0 Å². The van der Waals surface area contributed by atoms with E-state index in [9.17, 15) is 4.39 Å². The molecule has 1 aliphatic carbocycles. The van der Waals surface area contributed by atoms with Gasteiger partial charge in [0.25, 0.3) is 0 Å². The van der Waals surface area contributed by atoms with E-state index in [1.54, 1.807) is 12.1 Å². The molecule has 0 bridgehead atoms. The number of aromatic amines is 1. The van der Waals surface area contributed by atoms with Gasteiger partial charge in [-0.15, -0.1) is 0 Å². The Morgan fingerprint density at radius 3 is 2.27 bits per heavy atom. The van der Waals surface area contributed by atoms with Crippen molar-refractivity contribution in [2.45, 2.75) is 58.4 Å². The highest BCUT2D eigenvalue weighted by Crippen LogP contribution is 2.35. The first kappa shape index (κ1) is 16.7. The maximum atomic E-state index is 13.0. The third kappa shape index (κ3) is 3.55. The van der Waals surface area contributed by atoms with Crippen molar-refractivity contribution in [1.82, 2.24) is 10.2 Å². The first-order chi connectivity index (χ1) is 10.6. The molecule has 3 nitrogen and oxygen atoms in total. The van der Waals surface area contributed by atoms with Crippen LogP contribution >= 0.6 is 0 Å². The highest BCUT2D eigenvalue weighted by atomic mass is 19.1. The number of H-pyrrole nitrogens is 1. The van der Waals surface area contributed by atoms with Crippen LogP contribution in [0.1, 0.15) is 56.7 Å². The summed E-state index contributed by atoms with van der Waals surface area (Å²) in [5, 5.41) is 7.62. The summed E-state index contributed by atoms with van der Waals surface area (Å²) < 4.78 is 13.0. The highest BCUT2D eigenvalue weighted by Gasteiger charge is 2.24. The molecule has 0 amide bonds. The Morgan fingerprint density at radius 2 is 1.68 bits per heavy atom. The molecule has 0 spiro atoms. The third-order valence-electron chi connectivity index (χ3n) is 4.35. The summed E-state index contributed by atoms with van der Waals surface area (Å²) in [6.07, 6.45) is 4.39. The first-order valence-electron chi connectivity index (χ1n) is 8.21. The van der Waals surface area contributed by atoms with Crippen LogP contribution in [-0.2, 0) is 0 Å². The molecule has 4 heteroatoms. The molecule has 0 aliphatic heterocycles. The van der Waals surface area contributed by atoms with Crippen LogP contribution in [0.25, 0.3) is 11.3 Å². The van der Waals surface area contributed by atoms with Crippen LogP contribution in [0.15, 0.2) is 24.3 Å². The van der Waals surface area contributed by atoms with E-state index >= 15 is 0 Å². The van der Waals surface area contributed by atoms with Crippen molar-refractivity contribution in [2.75, 3.05) is 0 Å². The zero-order chi connectivity index (χ0) is 16.1. The summed E-state index contributed by atoms with van der Waals surface area (Å²) >= 11 is 0. The summed E-state index contributed by atoms with van der Waals surface area (Å²) in [5.74, 6) is 0.305. The molecule has 1 aromatic heterocycles. The van der Waals surface area contributed by atoms with Crippen LogP contribution < -0.4 is 5.73 Å². The van der Waals surface area contributed by atoms with E-state index in [-0.39, 0.29) is 5.82 Å². The van der Waals surface area contributed by atoms with Crippen molar-refractivity contribution in [2.24, 2.45) is 5.73 Å². The van der Waals surface area contributed by atoms with Gasteiger partial charge in [-0.2, -0.15) is 5.10 Å². The van der Waals surface area contributed by atoms with Gasteiger partial charge in [-0.25, -0.2) is 4.39 Å². The average molecular weight is 303 g/mol. The highest BCUT2D eigenvalue weighted by molar-refractivity contribution is 5.63. The van der Waals surface area contributed by atoms with E-state index in [2.05, 4.69) is 17.1 Å². The molecule has 1 heterocycles. The fraction of sp³-hybridized carbons (Fsp3) is 0.500. The minimum atomic E-state index is -0.219. The van der Waals surface area contributed by atoms with Crippen molar-refractivity contribution < 1.29 is 4.39 Å². The van der Waals surface area contributed by atoms with E-state index in [0.717, 1.165) is 36.9 Å². The molecule has 0 radical (unpaired) electrons. The van der Waals surface area contributed by atoms with Crippen LogP contribution in [-0.4, -0.2) is 16.2 Å². The van der Waals surface area contributed by atoms with Crippen molar-refractivity contribution in [1.29, 1.82) is 0 Å². The molecule has 1 aromatic carbocycles. The Kier molecular flexibility index (Phi) is 5.72. The van der Waals surface area contributed by atoms with Gasteiger partial charge < -0.3 is 5.73 Å². The Labute approximate surface area is 132 Å². The smallest absolute Gasteiger partial charge is 0.123 e. The van der Waals surface area contributed by atoms with Gasteiger partial charge in [0.05, 0.1) is 5.69 Å². The molecule has 0 atom stereocenters. The molecular weight excluding hydrogens is 277 g/mol. The predicted molar refractivity (Wildman–Crippen MR) is 89.3 cm³/mol. The van der Waals surface area contributed by atoms with E-state index in [4.69, 9.17) is 5.73 Å². The number of rotatable bonds is 2. The van der Waals surface area contributed by atoms with Gasteiger partial charge >= 0.3 is 0 Å². The lowest BCUT2D eigenvalue weighted by molar-refractivity contribution is 0.389. The number of nitrogens with one attached hydrogen (secondary N) is 1. The maximum Gasteiger partial charge on any atom is 0.123 e. The van der Waals surface area contributed by atoms with Gasteiger partial charge in [0, 0.05) is 23.2 Å². The predicted octanol–water partition coefficient (Wildman–Crippen LogP) is 4.54. The third-order valence-corrected chi connectivity index (χ3v) is 4.35. The zero-order valence-corrected chi connectivity index (χ0v) is 13.7. The standard InChI is InChI=1S/C16H20FN3.C2H6/c1-10-15(11-2-6-13(17)7-3-11)19-20-16(10)12-4-8-14(18)9-5-12;1-2/h2-3,6-7,12,14H,4-5,8-9,18H2,1H3,(H,19,20);1-2H3. The van der Waals surface area contributed by atoms with Crippen LogP contribution in [0.2, 0.25) is 0 Å². The molecule has 2 aromatic rings. The van der Waals surface area contributed by atoms with Crippen LogP contribution in [0.4, 0.5) is 4.39 Å². The SMILES string of the molecule is CC.Cc1c(-c2ccc(F)cc2)n[nH]c1C1CCC(N)CC1. The monoisotopic (exact) mass is 303 g/mol. The Morgan fingerprint density at radius 1 is 1.09 bits per heavy atom. The first-order valence-corrected chi connectivity index (χ1v) is 8.21. The molecule has 3 N–H and O–H groups in total. The molecule has 0 unspecified atom stereocenters. The zero-order valence-electron chi connectivity index (χ0n) is 13.7. The number of nitrogens with zero attached hydrogens (tertiary/aromatic N) is 1. The van der Waals surface area contributed by atoms with E-state index in [0.29, 0.717) is 12.0 Å². The molecule has 3 rings (SSSR count). The number of halogens is 1. The largest absolute Gasteiger partial charge is 0.328 e. The Balaban J connectivity index is 0.000000847. The summed E-state index contributed by atoms with van der Waals surface area (Å²) in [5.41, 5.74) is 10.2.